The number of esters is 4. The average Bonchev–Trinajstić information content (AvgIpc) is 2.56. The summed E-state index contributed by atoms with van der Waals surface area (Å²) in [5.74, 6) is -3.71. The summed E-state index contributed by atoms with van der Waals surface area (Å²) in [5.41, 5.74) is -0.963. The van der Waals surface area contributed by atoms with Crippen molar-refractivity contribution in [1.29, 1.82) is 0 Å². The monoisotopic (exact) mass is 436 g/mol. The number of ether oxygens (including phenoxy) is 5. The van der Waals surface area contributed by atoms with Gasteiger partial charge in [0.05, 0.1) is 6.42 Å². The third kappa shape index (κ3) is 8.69. The molecule has 1 N–H and O–H groups in total. The molecule has 0 radical (unpaired) electrons. The molecule has 0 spiro atoms. The summed E-state index contributed by atoms with van der Waals surface area (Å²) in [6.45, 7) is 4.23. The maximum absolute atomic E-state index is 11.6. The third-order valence-corrected chi connectivity index (χ3v) is 4.69. The Morgan fingerprint density at radius 2 is 1.34 bits per heavy atom. The average molecular weight is 436 g/mol. The lowest BCUT2D eigenvalue weighted by Crippen LogP contribution is -2.61. The summed E-state index contributed by atoms with van der Waals surface area (Å²) in [4.78, 5) is 56.8. The maximum atomic E-state index is 11.6. The number of carboxylic acid groups (broad SMARTS) is 1. The van der Waals surface area contributed by atoms with E-state index in [2.05, 4.69) is 0 Å². The number of carbonyl (C=O) groups is 5. The molecule has 11 nitrogen and oxygen atoms in total. The number of aliphatic carboxylic acids is 1. The van der Waals surface area contributed by atoms with E-state index in [1.807, 2.05) is 0 Å². The molecular weight excluding hydrogens is 412 g/mol. The predicted octanol–water partition coefficient (Wildman–Crippen LogP) is 0.277. The summed E-state index contributed by atoms with van der Waals surface area (Å²) < 4.78 is 26.5. The fourth-order valence-corrected chi connectivity index (χ4v) is 3.73. The lowest BCUT2D eigenvalue weighted by molar-refractivity contribution is -0.237. The molecule has 1 aliphatic heterocycles. The van der Waals surface area contributed by atoms with Crippen molar-refractivity contribution in [2.45, 2.75) is 64.0 Å². The van der Waals surface area contributed by atoms with Gasteiger partial charge < -0.3 is 28.8 Å². The highest BCUT2D eigenvalue weighted by atomic mass is 32.2. The van der Waals surface area contributed by atoms with Crippen LogP contribution < -0.4 is 0 Å². The standard InChI is InChI=1S/C17H24O11S/c1-8(18)24-7-12-14(25-9(2)19)15(26-10(3)20)16(27-11(4)21)17(28-12)29-6-5-13(22)23/h12,14-17H,5-7H2,1-4H3,(H,22,23). The molecule has 0 aromatic rings. The molecule has 0 saturated carbocycles. The molecule has 29 heavy (non-hydrogen) atoms. The van der Waals surface area contributed by atoms with E-state index >= 15 is 0 Å². The first kappa shape index (κ1) is 24.7. The molecule has 5 atom stereocenters. The molecule has 0 aromatic carbocycles. The van der Waals surface area contributed by atoms with Crippen LogP contribution in [-0.4, -0.2) is 77.2 Å². The summed E-state index contributed by atoms with van der Waals surface area (Å²) in [5, 5.41) is 8.84. The normalized spacial score (nSPS) is 26.1. The number of rotatable bonds is 9. The van der Waals surface area contributed by atoms with Gasteiger partial charge in [-0.15, -0.1) is 11.8 Å². The van der Waals surface area contributed by atoms with Crippen molar-refractivity contribution in [2.24, 2.45) is 0 Å². The predicted molar refractivity (Wildman–Crippen MR) is 96.7 cm³/mol. The zero-order chi connectivity index (χ0) is 22.1. The van der Waals surface area contributed by atoms with Gasteiger partial charge in [0.1, 0.15) is 18.1 Å². The molecule has 12 heteroatoms. The molecule has 164 valence electrons. The molecule has 1 fully saturated rings. The van der Waals surface area contributed by atoms with Crippen molar-refractivity contribution in [3.63, 3.8) is 0 Å². The minimum atomic E-state index is -1.25. The first-order chi connectivity index (χ1) is 13.5. The Balaban J connectivity index is 3.22. The Hall–Kier alpha value is -2.34. The summed E-state index contributed by atoms with van der Waals surface area (Å²) >= 11 is 1.01. The van der Waals surface area contributed by atoms with Gasteiger partial charge in [-0.2, -0.15) is 0 Å². The number of carbonyl (C=O) groups excluding carboxylic acids is 4. The molecule has 0 bridgehead atoms. The van der Waals surface area contributed by atoms with Crippen LogP contribution in [0.1, 0.15) is 34.1 Å². The Labute approximate surface area is 171 Å². The van der Waals surface area contributed by atoms with Gasteiger partial charge in [0.2, 0.25) is 0 Å². The molecule has 5 unspecified atom stereocenters. The van der Waals surface area contributed by atoms with Crippen molar-refractivity contribution in [2.75, 3.05) is 12.4 Å². The first-order valence-electron chi connectivity index (χ1n) is 8.65. The Morgan fingerprint density at radius 3 is 1.83 bits per heavy atom. The molecule has 1 heterocycles. The fourth-order valence-electron chi connectivity index (χ4n) is 2.59. The van der Waals surface area contributed by atoms with Crippen LogP contribution in [-0.2, 0) is 47.7 Å². The van der Waals surface area contributed by atoms with Gasteiger partial charge in [-0.05, 0) is 0 Å². The Bertz CT molecular complexity index is 635. The molecular formula is C17H24O11S. The Morgan fingerprint density at radius 1 is 0.828 bits per heavy atom. The van der Waals surface area contributed by atoms with Gasteiger partial charge in [-0.3, -0.25) is 24.0 Å². The molecule has 1 aliphatic rings. The lowest BCUT2D eigenvalue weighted by atomic mass is 9.99. The van der Waals surface area contributed by atoms with Gasteiger partial charge in [0.25, 0.3) is 0 Å². The second-order valence-electron chi connectivity index (χ2n) is 6.08. The van der Waals surface area contributed by atoms with E-state index in [9.17, 15) is 24.0 Å². The van der Waals surface area contributed by atoms with E-state index in [1.165, 1.54) is 6.92 Å². The Kier molecular flexibility index (Phi) is 9.89. The van der Waals surface area contributed by atoms with E-state index in [4.69, 9.17) is 28.8 Å². The quantitative estimate of drug-likeness (QED) is 0.390. The topological polar surface area (TPSA) is 152 Å². The van der Waals surface area contributed by atoms with Gasteiger partial charge in [-0.1, -0.05) is 0 Å². The maximum Gasteiger partial charge on any atom is 0.304 e. The molecule has 1 rings (SSSR count). The highest BCUT2D eigenvalue weighted by Crippen LogP contribution is 2.34. The number of hydrogen-bond acceptors (Lipinski definition) is 11. The zero-order valence-electron chi connectivity index (χ0n) is 16.4. The van der Waals surface area contributed by atoms with Crippen LogP contribution in [0.2, 0.25) is 0 Å². The van der Waals surface area contributed by atoms with Crippen LogP contribution >= 0.6 is 11.8 Å². The van der Waals surface area contributed by atoms with Crippen LogP contribution in [0, 0.1) is 0 Å². The van der Waals surface area contributed by atoms with Crippen LogP contribution in [0.25, 0.3) is 0 Å². The fraction of sp³-hybridized carbons (Fsp3) is 0.706. The highest BCUT2D eigenvalue weighted by Gasteiger charge is 2.52. The van der Waals surface area contributed by atoms with E-state index < -0.39 is 59.7 Å². The highest BCUT2D eigenvalue weighted by molar-refractivity contribution is 7.99. The van der Waals surface area contributed by atoms with E-state index in [0.29, 0.717) is 0 Å². The van der Waals surface area contributed by atoms with E-state index in [0.717, 1.165) is 32.5 Å². The minimum absolute atomic E-state index is 0.100. The van der Waals surface area contributed by atoms with Crippen molar-refractivity contribution in [3.05, 3.63) is 0 Å². The summed E-state index contributed by atoms with van der Waals surface area (Å²) in [6.07, 6.45) is -4.90. The molecule has 0 aromatic heterocycles. The molecule has 0 aliphatic carbocycles. The summed E-state index contributed by atoms with van der Waals surface area (Å²) in [6, 6.07) is 0. The van der Waals surface area contributed by atoms with Gasteiger partial charge >= 0.3 is 29.8 Å². The second-order valence-corrected chi connectivity index (χ2v) is 7.29. The van der Waals surface area contributed by atoms with E-state index in [1.54, 1.807) is 0 Å². The third-order valence-electron chi connectivity index (χ3n) is 3.55. The van der Waals surface area contributed by atoms with Gasteiger partial charge in [0.15, 0.2) is 18.3 Å². The van der Waals surface area contributed by atoms with Gasteiger partial charge in [0, 0.05) is 33.4 Å². The lowest BCUT2D eigenvalue weighted by Gasteiger charge is -2.44. The number of carboxylic acids is 1. The van der Waals surface area contributed by atoms with Crippen molar-refractivity contribution in [1.82, 2.24) is 0 Å². The van der Waals surface area contributed by atoms with Crippen LogP contribution in [0.15, 0.2) is 0 Å². The molecule has 1 saturated heterocycles. The van der Waals surface area contributed by atoms with Gasteiger partial charge in [-0.25, -0.2) is 0 Å². The first-order valence-corrected chi connectivity index (χ1v) is 9.70. The van der Waals surface area contributed by atoms with Crippen LogP contribution in [0.5, 0.6) is 0 Å². The molecule has 0 amide bonds. The van der Waals surface area contributed by atoms with Crippen molar-refractivity contribution < 1.29 is 52.8 Å². The van der Waals surface area contributed by atoms with Crippen LogP contribution in [0.4, 0.5) is 0 Å². The zero-order valence-corrected chi connectivity index (χ0v) is 17.3. The largest absolute Gasteiger partial charge is 0.481 e. The minimum Gasteiger partial charge on any atom is -0.481 e. The van der Waals surface area contributed by atoms with E-state index in [-0.39, 0.29) is 18.8 Å². The van der Waals surface area contributed by atoms with Crippen LogP contribution in [0.3, 0.4) is 0 Å². The van der Waals surface area contributed by atoms with Crippen molar-refractivity contribution >= 4 is 41.6 Å². The number of hydrogen-bond donors (Lipinski definition) is 1. The number of thioether (sulfide) groups is 1. The smallest absolute Gasteiger partial charge is 0.304 e. The second kappa shape index (κ2) is 11.6. The van der Waals surface area contributed by atoms with Crippen molar-refractivity contribution in [3.8, 4) is 0 Å². The SMILES string of the molecule is CC(=O)OCC1OC(SCCC(=O)O)C(OC(C)=O)C(OC(C)=O)C1OC(C)=O. The summed E-state index contributed by atoms with van der Waals surface area (Å²) in [7, 11) is 0.